The van der Waals surface area contributed by atoms with E-state index in [2.05, 4.69) is 0 Å². The van der Waals surface area contributed by atoms with Crippen molar-refractivity contribution in [2.45, 2.75) is 6.54 Å². The molecule has 5 heteroatoms. The third kappa shape index (κ3) is 1.68. The van der Waals surface area contributed by atoms with Gasteiger partial charge in [-0.15, -0.1) is 0 Å². The Bertz CT molecular complexity index is 535. The van der Waals surface area contributed by atoms with E-state index in [1.165, 1.54) is 22.9 Å². The van der Waals surface area contributed by atoms with Gasteiger partial charge in [0, 0.05) is 6.20 Å². The molecule has 0 atom stereocenters. The molecule has 1 N–H and O–H groups in total. The average molecular weight is 228 g/mol. The molecule has 78 valence electrons. The second-order valence-electron chi connectivity index (χ2n) is 3.13. The Labute approximate surface area is 89.7 Å². The van der Waals surface area contributed by atoms with Crippen LogP contribution in [0.25, 0.3) is 10.9 Å². The van der Waals surface area contributed by atoms with Crippen molar-refractivity contribution in [3.63, 3.8) is 0 Å². The van der Waals surface area contributed by atoms with Crippen LogP contribution in [0.15, 0.2) is 24.4 Å². The van der Waals surface area contributed by atoms with E-state index in [4.69, 9.17) is 16.7 Å². The van der Waals surface area contributed by atoms with E-state index >= 15 is 0 Å². The van der Waals surface area contributed by atoms with Crippen LogP contribution in [0.1, 0.15) is 0 Å². The molecular weight excluding hydrogens is 221 g/mol. The largest absolute Gasteiger partial charge is 0.480 e. The molecule has 3 nitrogen and oxygen atoms in total. The number of carbonyl (C=O) groups is 1. The zero-order valence-electron chi connectivity index (χ0n) is 7.58. The fourth-order valence-electron chi connectivity index (χ4n) is 1.54. The third-order valence-corrected chi connectivity index (χ3v) is 2.40. The molecule has 0 saturated carbocycles. The van der Waals surface area contributed by atoms with Crippen LogP contribution in [-0.4, -0.2) is 15.6 Å². The molecule has 1 aromatic heterocycles. The standard InChI is InChI=1S/C10H7ClFNO2/c11-6-4-13(5-9(14)15)8-3-1-2-7(12)10(6)8/h1-4H,5H2,(H,14,15). The molecule has 0 bridgehead atoms. The zero-order chi connectivity index (χ0) is 11.0. The summed E-state index contributed by atoms with van der Waals surface area (Å²) in [6.45, 7) is -0.229. The number of aliphatic carboxylic acids is 1. The first-order chi connectivity index (χ1) is 7.09. The summed E-state index contributed by atoms with van der Waals surface area (Å²) in [6, 6.07) is 4.44. The first-order valence-electron chi connectivity index (χ1n) is 4.24. The van der Waals surface area contributed by atoms with Gasteiger partial charge in [0.25, 0.3) is 0 Å². The fraction of sp³-hybridized carbons (Fsp3) is 0.100. The van der Waals surface area contributed by atoms with Crippen LogP contribution in [0, 0.1) is 5.82 Å². The summed E-state index contributed by atoms with van der Waals surface area (Å²) in [6.07, 6.45) is 1.42. The summed E-state index contributed by atoms with van der Waals surface area (Å²) < 4.78 is 14.8. The van der Waals surface area contributed by atoms with Gasteiger partial charge in [0.15, 0.2) is 0 Å². The Balaban J connectivity index is 2.68. The van der Waals surface area contributed by atoms with E-state index in [0.29, 0.717) is 5.52 Å². The van der Waals surface area contributed by atoms with Gasteiger partial charge in [0.2, 0.25) is 0 Å². The third-order valence-electron chi connectivity index (χ3n) is 2.11. The van der Waals surface area contributed by atoms with Crippen LogP contribution >= 0.6 is 11.6 Å². The van der Waals surface area contributed by atoms with Crippen LogP contribution in [0.3, 0.4) is 0 Å². The van der Waals surface area contributed by atoms with Gasteiger partial charge in [0.05, 0.1) is 15.9 Å². The number of nitrogens with zero attached hydrogens (tertiary/aromatic N) is 1. The SMILES string of the molecule is O=C(O)Cn1cc(Cl)c2c(F)cccc21. The molecule has 0 amide bonds. The number of fused-ring (bicyclic) bond motifs is 1. The predicted molar refractivity (Wildman–Crippen MR) is 54.5 cm³/mol. The second kappa shape index (κ2) is 3.55. The maximum Gasteiger partial charge on any atom is 0.323 e. The lowest BCUT2D eigenvalue weighted by atomic mass is 10.2. The number of benzene rings is 1. The summed E-state index contributed by atoms with van der Waals surface area (Å²) in [7, 11) is 0. The molecule has 1 aromatic carbocycles. The Morgan fingerprint density at radius 1 is 1.53 bits per heavy atom. The first-order valence-corrected chi connectivity index (χ1v) is 4.62. The summed E-state index contributed by atoms with van der Waals surface area (Å²) >= 11 is 5.81. The normalized spacial score (nSPS) is 10.8. The van der Waals surface area contributed by atoms with Crippen molar-refractivity contribution in [1.82, 2.24) is 4.57 Å². The number of carboxylic acid groups (broad SMARTS) is 1. The molecule has 0 aliphatic rings. The summed E-state index contributed by atoms with van der Waals surface area (Å²) in [5.41, 5.74) is 0.488. The van der Waals surface area contributed by atoms with Gasteiger partial charge < -0.3 is 9.67 Å². The monoisotopic (exact) mass is 227 g/mol. The van der Waals surface area contributed by atoms with Crippen LogP contribution in [-0.2, 0) is 11.3 Å². The molecule has 2 aromatic rings. The minimum atomic E-state index is -0.993. The molecule has 15 heavy (non-hydrogen) atoms. The molecule has 0 radical (unpaired) electrons. The minimum Gasteiger partial charge on any atom is -0.480 e. The Hall–Kier alpha value is -1.55. The zero-order valence-corrected chi connectivity index (χ0v) is 8.33. The van der Waals surface area contributed by atoms with Gasteiger partial charge in [-0.25, -0.2) is 4.39 Å². The Morgan fingerprint density at radius 2 is 2.27 bits per heavy atom. The molecule has 0 unspecified atom stereocenters. The van der Waals surface area contributed by atoms with Gasteiger partial charge in [-0.05, 0) is 12.1 Å². The number of hydrogen-bond acceptors (Lipinski definition) is 1. The summed E-state index contributed by atoms with van der Waals surface area (Å²) in [5, 5.41) is 9.14. The Morgan fingerprint density at radius 3 is 2.93 bits per heavy atom. The van der Waals surface area contributed by atoms with Crippen LogP contribution in [0.5, 0.6) is 0 Å². The minimum absolute atomic E-state index is 0.226. The quantitative estimate of drug-likeness (QED) is 0.857. The molecule has 0 saturated heterocycles. The van der Waals surface area contributed by atoms with Crippen molar-refractivity contribution in [3.05, 3.63) is 35.2 Å². The predicted octanol–water partition coefficient (Wildman–Crippen LogP) is 2.52. The van der Waals surface area contributed by atoms with Crippen LogP contribution in [0.4, 0.5) is 4.39 Å². The molecule has 0 fully saturated rings. The van der Waals surface area contributed by atoms with Crippen LogP contribution in [0.2, 0.25) is 5.02 Å². The van der Waals surface area contributed by atoms with Crippen molar-refractivity contribution < 1.29 is 14.3 Å². The molecule has 0 spiro atoms. The van der Waals surface area contributed by atoms with Gasteiger partial charge in [0.1, 0.15) is 12.4 Å². The van der Waals surface area contributed by atoms with Gasteiger partial charge in [-0.1, -0.05) is 17.7 Å². The highest BCUT2D eigenvalue weighted by Gasteiger charge is 2.12. The smallest absolute Gasteiger partial charge is 0.323 e. The summed E-state index contributed by atoms with van der Waals surface area (Å²) in [4.78, 5) is 10.5. The average Bonchev–Trinajstić information content (AvgIpc) is 2.44. The Kier molecular flexibility index (Phi) is 2.36. The number of halogens is 2. The summed E-state index contributed by atoms with van der Waals surface area (Å²) in [5.74, 6) is -1.44. The first kappa shape index (κ1) is 9.98. The highest BCUT2D eigenvalue weighted by atomic mass is 35.5. The van der Waals surface area contributed by atoms with Crippen LogP contribution < -0.4 is 0 Å². The van der Waals surface area contributed by atoms with Gasteiger partial charge in [-0.2, -0.15) is 0 Å². The van der Waals surface area contributed by atoms with E-state index < -0.39 is 11.8 Å². The fourth-order valence-corrected chi connectivity index (χ4v) is 1.84. The number of hydrogen-bond donors (Lipinski definition) is 1. The molecule has 1 heterocycles. The number of carboxylic acids is 1. The van der Waals surface area contributed by atoms with Gasteiger partial charge in [-0.3, -0.25) is 4.79 Å². The molecule has 0 aliphatic heterocycles. The van der Waals surface area contributed by atoms with Crippen molar-refractivity contribution >= 4 is 28.5 Å². The van der Waals surface area contributed by atoms with Crippen molar-refractivity contribution in [2.75, 3.05) is 0 Å². The highest BCUT2D eigenvalue weighted by Crippen LogP contribution is 2.27. The number of aromatic nitrogens is 1. The molecule has 2 rings (SSSR count). The van der Waals surface area contributed by atoms with Crippen molar-refractivity contribution in [1.29, 1.82) is 0 Å². The van der Waals surface area contributed by atoms with E-state index in [9.17, 15) is 9.18 Å². The number of rotatable bonds is 2. The van der Waals surface area contributed by atoms with E-state index in [1.54, 1.807) is 6.07 Å². The van der Waals surface area contributed by atoms with Gasteiger partial charge >= 0.3 is 5.97 Å². The van der Waals surface area contributed by atoms with E-state index in [-0.39, 0.29) is 17.0 Å². The lowest BCUT2D eigenvalue weighted by molar-refractivity contribution is -0.137. The lowest BCUT2D eigenvalue weighted by Gasteiger charge is -2.00. The van der Waals surface area contributed by atoms with E-state index in [0.717, 1.165) is 0 Å². The topological polar surface area (TPSA) is 42.2 Å². The molecule has 0 aliphatic carbocycles. The van der Waals surface area contributed by atoms with Crippen molar-refractivity contribution in [2.24, 2.45) is 0 Å². The maximum absolute atomic E-state index is 13.4. The van der Waals surface area contributed by atoms with E-state index in [1.807, 2.05) is 0 Å². The highest BCUT2D eigenvalue weighted by molar-refractivity contribution is 6.35. The van der Waals surface area contributed by atoms with Crippen molar-refractivity contribution in [3.8, 4) is 0 Å². The lowest BCUT2D eigenvalue weighted by Crippen LogP contribution is -2.07. The maximum atomic E-state index is 13.4. The second-order valence-corrected chi connectivity index (χ2v) is 3.54. The molecular formula is C10H7ClFNO2.